The Hall–Kier alpha value is -4.59. The number of hydrogen-bond acceptors (Lipinski definition) is 6. The highest BCUT2D eigenvalue weighted by Gasteiger charge is 2.73. The first kappa shape index (κ1) is 25.1. The number of benzene rings is 3. The van der Waals surface area contributed by atoms with E-state index in [1.807, 2.05) is 66.7 Å². The summed E-state index contributed by atoms with van der Waals surface area (Å²) >= 11 is 1.34. The summed E-state index contributed by atoms with van der Waals surface area (Å²) in [6, 6.07) is 32.3. The molecule has 7 heteroatoms. The highest BCUT2D eigenvalue weighted by Crippen LogP contribution is 2.60. The molecule has 0 N–H and O–H groups in total. The number of nitrogens with zero attached hydrogens (tertiary/aromatic N) is 3. The molecule has 1 fully saturated rings. The Kier molecular flexibility index (Phi) is 6.63. The molecule has 2 aliphatic rings. The van der Waals surface area contributed by atoms with Gasteiger partial charge in [-0.05, 0) is 29.3 Å². The average molecular weight is 518 g/mol. The fourth-order valence-electron chi connectivity index (χ4n) is 5.54. The van der Waals surface area contributed by atoms with E-state index in [9.17, 15) is 20.1 Å². The number of nitriles is 2. The van der Waals surface area contributed by atoms with E-state index in [0.29, 0.717) is 11.1 Å². The molecular formula is C31H23N3O3S. The van der Waals surface area contributed by atoms with Crippen molar-refractivity contribution in [2.24, 2.45) is 5.41 Å². The van der Waals surface area contributed by atoms with Gasteiger partial charge >= 0.3 is 5.97 Å². The average Bonchev–Trinajstić information content (AvgIpc) is 3.21. The molecule has 186 valence electrons. The maximum atomic E-state index is 14.4. The molecule has 1 amide bonds. The van der Waals surface area contributed by atoms with Crippen molar-refractivity contribution >= 4 is 29.2 Å². The minimum Gasteiger partial charge on any atom is -0.468 e. The first-order chi connectivity index (χ1) is 18.5. The standard InChI is InChI=1S/C31H23N3O3S/c1-37-29(36)30(21-38-24-15-9-4-10-16-24)27(23-13-7-3-8-14-23)31(20-33)26(19-32)25(17-18-34(31)28(30)35)22-11-5-2-6-12-22/h2-18,27H,21H2,1H3/t27-,30-,31+/m1/s1. The second-order valence-electron chi connectivity index (χ2n) is 9.04. The number of rotatable bonds is 6. The van der Waals surface area contributed by atoms with Gasteiger partial charge in [0, 0.05) is 22.4 Å². The van der Waals surface area contributed by atoms with E-state index >= 15 is 0 Å². The van der Waals surface area contributed by atoms with Crippen molar-refractivity contribution in [1.82, 2.24) is 4.90 Å². The molecule has 2 heterocycles. The summed E-state index contributed by atoms with van der Waals surface area (Å²) in [5.41, 5.74) is -1.55. The van der Waals surface area contributed by atoms with Gasteiger partial charge in [-0.1, -0.05) is 78.9 Å². The molecule has 1 saturated heterocycles. The van der Waals surface area contributed by atoms with Crippen LogP contribution in [-0.4, -0.2) is 35.2 Å². The van der Waals surface area contributed by atoms with Crippen LogP contribution in [0.4, 0.5) is 0 Å². The SMILES string of the molecule is COC(=O)[C@@]1(CSc2ccccc2)C(=O)N2C=CC(c3ccccc3)=C(C#N)[C@@]2(C#N)[C@@H]1c1ccccc1. The number of ether oxygens (including phenoxy) is 1. The molecular weight excluding hydrogens is 494 g/mol. The first-order valence-corrected chi connectivity index (χ1v) is 13.0. The van der Waals surface area contributed by atoms with Gasteiger partial charge in [0.05, 0.1) is 30.7 Å². The zero-order valence-corrected chi connectivity index (χ0v) is 21.4. The number of thioether (sulfide) groups is 1. The zero-order valence-electron chi connectivity index (χ0n) is 20.6. The molecule has 3 aromatic carbocycles. The number of hydrogen-bond donors (Lipinski definition) is 0. The lowest BCUT2D eigenvalue weighted by molar-refractivity contribution is -0.157. The largest absolute Gasteiger partial charge is 0.468 e. The Morgan fingerprint density at radius 3 is 2.16 bits per heavy atom. The molecule has 0 unspecified atom stereocenters. The summed E-state index contributed by atoms with van der Waals surface area (Å²) in [7, 11) is 1.25. The van der Waals surface area contributed by atoms with Crippen LogP contribution in [0.1, 0.15) is 17.0 Å². The topological polar surface area (TPSA) is 94.2 Å². The van der Waals surface area contributed by atoms with Crippen LogP contribution in [0.3, 0.4) is 0 Å². The van der Waals surface area contributed by atoms with Crippen LogP contribution in [-0.2, 0) is 14.3 Å². The van der Waals surface area contributed by atoms with E-state index in [-0.39, 0.29) is 11.3 Å². The number of fused-ring (bicyclic) bond motifs is 1. The lowest BCUT2D eigenvalue weighted by Gasteiger charge is -2.39. The van der Waals surface area contributed by atoms with Crippen LogP contribution in [0, 0.1) is 28.1 Å². The second kappa shape index (κ2) is 10.0. The predicted octanol–water partition coefficient (Wildman–Crippen LogP) is 5.33. The molecule has 0 radical (unpaired) electrons. The molecule has 0 aromatic heterocycles. The quantitative estimate of drug-likeness (QED) is 0.249. The van der Waals surface area contributed by atoms with Crippen LogP contribution >= 0.6 is 11.8 Å². The minimum absolute atomic E-state index is 0.0230. The highest BCUT2D eigenvalue weighted by molar-refractivity contribution is 7.99. The molecule has 2 aliphatic heterocycles. The predicted molar refractivity (Wildman–Crippen MR) is 144 cm³/mol. The molecule has 5 rings (SSSR count). The van der Waals surface area contributed by atoms with Gasteiger partial charge in [-0.15, -0.1) is 11.8 Å². The van der Waals surface area contributed by atoms with Gasteiger partial charge in [-0.25, -0.2) is 0 Å². The van der Waals surface area contributed by atoms with E-state index in [1.165, 1.54) is 30.0 Å². The lowest BCUT2D eigenvalue weighted by atomic mass is 9.64. The van der Waals surface area contributed by atoms with Gasteiger partial charge < -0.3 is 4.74 Å². The molecule has 38 heavy (non-hydrogen) atoms. The summed E-state index contributed by atoms with van der Waals surface area (Å²) in [6.45, 7) is 0. The number of carbonyl (C=O) groups is 2. The van der Waals surface area contributed by atoms with Crippen molar-refractivity contribution in [3.63, 3.8) is 0 Å². The van der Waals surface area contributed by atoms with E-state index in [4.69, 9.17) is 4.74 Å². The number of methoxy groups -OCH3 is 1. The van der Waals surface area contributed by atoms with Crippen molar-refractivity contribution in [3.05, 3.63) is 120 Å². The smallest absolute Gasteiger partial charge is 0.323 e. The van der Waals surface area contributed by atoms with Gasteiger partial charge in [-0.3, -0.25) is 14.5 Å². The van der Waals surface area contributed by atoms with Crippen molar-refractivity contribution in [1.29, 1.82) is 10.5 Å². The summed E-state index contributed by atoms with van der Waals surface area (Å²) in [5.74, 6) is -2.30. The Morgan fingerprint density at radius 2 is 1.58 bits per heavy atom. The normalized spacial score (nSPS) is 23.9. The first-order valence-electron chi connectivity index (χ1n) is 12.0. The van der Waals surface area contributed by atoms with E-state index in [1.54, 1.807) is 30.3 Å². The third kappa shape index (κ3) is 3.63. The number of carbonyl (C=O) groups excluding carboxylic acids is 2. The summed E-state index contributed by atoms with van der Waals surface area (Å²) in [5, 5.41) is 21.5. The molecule has 6 nitrogen and oxygen atoms in total. The molecule has 0 bridgehead atoms. The maximum absolute atomic E-state index is 14.4. The van der Waals surface area contributed by atoms with E-state index in [2.05, 4.69) is 12.1 Å². The third-order valence-electron chi connectivity index (χ3n) is 7.19. The highest BCUT2D eigenvalue weighted by atomic mass is 32.2. The summed E-state index contributed by atoms with van der Waals surface area (Å²) < 4.78 is 5.29. The van der Waals surface area contributed by atoms with Crippen molar-refractivity contribution < 1.29 is 14.3 Å². The molecule has 3 aromatic rings. The Labute approximate surface area is 225 Å². The van der Waals surface area contributed by atoms with Crippen molar-refractivity contribution in [3.8, 4) is 12.1 Å². The maximum Gasteiger partial charge on any atom is 0.323 e. The van der Waals surface area contributed by atoms with Crippen LogP contribution < -0.4 is 0 Å². The lowest BCUT2D eigenvalue weighted by Crippen LogP contribution is -2.48. The molecule has 3 atom stereocenters. The molecule has 0 aliphatic carbocycles. The van der Waals surface area contributed by atoms with E-state index in [0.717, 1.165) is 10.5 Å². The third-order valence-corrected chi connectivity index (χ3v) is 8.40. The van der Waals surface area contributed by atoms with Crippen molar-refractivity contribution in [2.45, 2.75) is 16.4 Å². The monoisotopic (exact) mass is 517 g/mol. The van der Waals surface area contributed by atoms with Crippen LogP contribution in [0.2, 0.25) is 0 Å². The van der Waals surface area contributed by atoms with Gasteiger partial charge in [0.1, 0.15) is 0 Å². The zero-order chi connectivity index (χ0) is 26.8. The van der Waals surface area contributed by atoms with Gasteiger partial charge in [0.15, 0.2) is 11.0 Å². The molecule has 0 spiro atoms. The van der Waals surface area contributed by atoms with Gasteiger partial charge in [0.25, 0.3) is 0 Å². The van der Waals surface area contributed by atoms with Crippen molar-refractivity contribution in [2.75, 3.05) is 12.9 Å². The second-order valence-corrected chi connectivity index (χ2v) is 10.1. The number of amides is 1. The van der Waals surface area contributed by atoms with Crippen LogP contribution in [0.25, 0.3) is 5.57 Å². The fraction of sp³-hybridized carbons (Fsp3) is 0.161. The minimum atomic E-state index is -1.77. The molecule has 0 saturated carbocycles. The Balaban J connectivity index is 1.81. The van der Waals surface area contributed by atoms with Gasteiger partial charge in [-0.2, -0.15) is 10.5 Å². The Bertz CT molecular complexity index is 1520. The Morgan fingerprint density at radius 1 is 0.974 bits per heavy atom. The number of allylic oxidation sites excluding steroid dienone is 2. The van der Waals surface area contributed by atoms with Crippen LogP contribution in [0.15, 0.2) is 114 Å². The summed E-state index contributed by atoms with van der Waals surface area (Å²) in [6.07, 6.45) is 3.20. The number of esters is 1. The van der Waals surface area contributed by atoms with Crippen LogP contribution in [0.5, 0.6) is 0 Å². The van der Waals surface area contributed by atoms with E-state index < -0.39 is 28.7 Å². The van der Waals surface area contributed by atoms with Gasteiger partial charge in [0.2, 0.25) is 5.91 Å². The summed E-state index contributed by atoms with van der Waals surface area (Å²) in [4.78, 5) is 30.3. The fourth-order valence-corrected chi connectivity index (χ4v) is 6.69.